The number of furan rings is 1. The molecule has 2 aromatic carbocycles. The SMILES string of the molecule is COC(=O)c1ccccc1NC(=O)/C(C#N)=C/c1ccc(-c2cccc(Cl)c2Cl)o1. The van der Waals surface area contributed by atoms with Gasteiger partial charge in [0.15, 0.2) is 0 Å². The lowest BCUT2D eigenvalue weighted by Crippen LogP contribution is -2.16. The van der Waals surface area contributed by atoms with Crippen molar-refractivity contribution in [1.82, 2.24) is 0 Å². The van der Waals surface area contributed by atoms with Crippen molar-refractivity contribution >= 4 is 46.8 Å². The number of para-hydroxylation sites is 1. The Bertz CT molecular complexity index is 1190. The van der Waals surface area contributed by atoms with Crippen LogP contribution in [0.2, 0.25) is 10.0 Å². The lowest BCUT2D eigenvalue weighted by Gasteiger charge is -2.08. The van der Waals surface area contributed by atoms with Crippen molar-refractivity contribution in [1.29, 1.82) is 5.26 Å². The molecule has 0 aliphatic heterocycles. The van der Waals surface area contributed by atoms with E-state index in [0.29, 0.717) is 21.4 Å². The number of nitrogens with one attached hydrogen (secondary N) is 1. The molecule has 1 N–H and O–H groups in total. The van der Waals surface area contributed by atoms with Gasteiger partial charge in [0.1, 0.15) is 23.2 Å². The standard InChI is InChI=1S/C22H14Cl2N2O4/c1-29-22(28)15-5-2-3-8-18(15)26-21(27)13(12-25)11-14-9-10-19(30-14)16-6-4-7-17(23)20(16)24/h2-11H,1H3,(H,26,27)/b13-11+. The molecule has 8 heteroatoms. The summed E-state index contributed by atoms with van der Waals surface area (Å²) in [5.74, 6) is -0.605. The van der Waals surface area contributed by atoms with Crippen LogP contribution in [0.4, 0.5) is 5.69 Å². The summed E-state index contributed by atoms with van der Waals surface area (Å²) < 4.78 is 10.4. The summed E-state index contributed by atoms with van der Waals surface area (Å²) >= 11 is 12.2. The third kappa shape index (κ3) is 4.54. The van der Waals surface area contributed by atoms with Crippen LogP contribution in [0.15, 0.2) is 64.6 Å². The highest BCUT2D eigenvalue weighted by atomic mass is 35.5. The van der Waals surface area contributed by atoms with E-state index in [1.54, 1.807) is 42.5 Å². The molecule has 0 atom stereocenters. The first kappa shape index (κ1) is 21.2. The zero-order valence-corrected chi connectivity index (χ0v) is 17.1. The second kappa shape index (κ2) is 9.31. The molecule has 1 amide bonds. The molecule has 1 aromatic heterocycles. The van der Waals surface area contributed by atoms with E-state index >= 15 is 0 Å². The summed E-state index contributed by atoms with van der Waals surface area (Å²) in [5.41, 5.74) is 0.759. The maximum atomic E-state index is 12.6. The van der Waals surface area contributed by atoms with Crippen LogP contribution in [0.1, 0.15) is 16.1 Å². The number of hydrogen-bond donors (Lipinski definition) is 1. The normalized spacial score (nSPS) is 10.9. The van der Waals surface area contributed by atoms with Gasteiger partial charge in [0, 0.05) is 11.6 Å². The number of rotatable bonds is 5. The summed E-state index contributed by atoms with van der Waals surface area (Å²) in [5, 5.41) is 12.7. The summed E-state index contributed by atoms with van der Waals surface area (Å²) in [6.07, 6.45) is 1.29. The number of esters is 1. The first-order chi connectivity index (χ1) is 14.4. The molecule has 0 unspecified atom stereocenters. The number of nitriles is 1. The highest BCUT2D eigenvalue weighted by Crippen LogP contribution is 2.34. The van der Waals surface area contributed by atoms with Gasteiger partial charge in [-0.3, -0.25) is 4.79 Å². The second-order valence-electron chi connectivity index (χ2n) is 5.96. The molecule has 1 heterocycles. The topological polar surface area (TPSA) is 92.3 Å². The number of anilines is 1. The van der Waals surface area contributed by atoms with E-state index < -0.39 is 11.9 Å². The van der Waals surface area contributed by atoms with Gasteiger partial charge in [0.05, 0.1) is 28.4 Å². The van der Waals surface area contributed by atoms with Crippen molar-refractivity contribution in [3.63, 3.8) is 0 Å². The molecule has 0 fully saturated rings. The van der Waals surface area contributed by atoms with Crippen LogP contribution in [-0.4, -0.2) is 19.0 Å². The van der Waals surface area contributed by atoms with E-state index in [2.05, 4.69) is 5.32 Å². The molecule has 0 spiro atoms. The molecule has 0 aliphatic rings. The summed E-state index contributed by atoms with van der Waals surface area (Å²) in [6, 6.07) is 16.5. The van der Waals surface area contributed by atoms with Crippen molar-refractivity contribution in [2.45, 2.75) is 0 Å². The highest BCUT2D eigenvalue weighted by molar-refractivity contribution is 6.43. The van der Waals surface area contributed by atoms with Gasteiger partial charge in [-0.2, -0.15) is 5.26 Å². The molecule has 150 valence electrons. The Morgan fingerprint density at radius 2 is 1.87 bits per heavy atom. The molecule has 3 aromatic rings. The fourth-order valence-corrected chi connectivity index (χ4v) is 3.02. The van der Waals surface area contributed by atoms with Gasteiger partial charge in [-0.25, -0.2) is 4.79 Å². The minimum absolute atomic E-state index is 0.168. The highest BCUT2D eigenvalue weighted by Gasteiger charge is 2.17. The van der Waals surface area contributed by atoms with E-state index in [4.69, 9.17) is 32.4 Å². The fraction of sp³-hybridized carbons (Fsp3) is 0.0455. The quantitative estimate of drug-likeness (QED) is 0.317. The van der Waals surface area contributed by atoms with Gasteiger partial charge < -0.3 is 14.5 Å². The van der Waals surface area contributed by atoms with Crippen molar-refractivity contribution in [3.05, 3.63) is 81.5 Å². The first-order valence-electron chi connectivity index (χ1n) is 8.59. The number of carbonyl (C=O) groups is 2. The number of benzene rings is 2. The minimum Gasteiger partial charge on any atom is -0.465 e. The molecule has 0 saturated carbocycles. The summed E-state index contributed by atoms with van der Waals surface area (Å²) in [6.45, 7) is 0. The predicted octanol–water partition coefficient (Wildman–Crippen LogP) is 5.59. The maximum Gasteiger partial charge on any atom is 0.339 e. The lowest BCUT2D eigenvalue weighted by molar-refractivity contribution is -0.112. The molecule has 0 bridgehead atoms. The molecule has 0 aliphatic carbocycles. The Kier molecular flexibility index (Phi) is 6.58. The van der Waals surface area contributed by atoms with Crippen molar-refractivity contribution in [2.75, 3.05) is 12.4 Å². The Balaban J connectivity index is 1.86. The zero-order valence-electron chi connectivity index (χ0n) is 15.6. The van der Waals surface area contributed by atoms with E-state index in [1.807, 2.05) is 6.07 Å². The number of halogens is 2. The van der Waals surface area contributed by atoms with E-state index in [-0.39, 0.29) is 22.6 Å². The van der Waals surface area contributed by atoms with Crippen molar-refractivity contribution < 1.29 is 18.7 Å². The minimum atomic E-state index is -0.701. The Morgan fingerprint density at radius 3 is 2.60 bits per heavy atom. The average molecular weight is 441 g/mol. The number of ether oxygens (including phenoxy) is 1. The van der Waals surface area contributed by atoms with Crippen LogP contribution in [-0.2, 0) is 9.53 Å². The molecule has 0 radical (unpaired) electrons. The van der Waals surface area contributed by atoms with Crippen LogP contribution in [0.25, 0.3) is 17.4 Å². The number of methoxy groups -OCH3 is 1. The smallest absolute Gasteiger partial charge is 0.339 e. The molecule has 3 rings (SSSR count). The lowest BCUT2D eigenvalue weighted by atomic mass is 10.1. The molecular formula is C22H14Cl2N2O4. The van der Waals surface area contributed by atoms with E-state index in [0.717, 1.165) is 0 Å². The second-order valence-corrected chi connectivity index (χ2v) is 6.75. The average Bonchev–Trinajstić information content (AvgIpc) is 3.22. The Labute approximate surface area is 182 Å². The monoisotopic (exact) mass is 440 g/mol. The van der Waals surface area contributed by atoms with E-state index in [1.165, 1.54) is 25.3 Å². The fourth-order valence-electron chi connectivity index (χ4n) is 2.63. The van der Waals surface area contributed by atoms with Crippen LogP contribution in [0.3, 0.4) is 0 Å². The summed E-state index contributed by atoms with van der Waals surface area (Å²) in [7, 11) is 1.24. The Hall–Kier alpha value is -3.53. The molecular weight excluding hydrogens is 427 g/mol. The van der Waals surface area contributed by atoms with Gasteiger partial charge >= 0.3 is 5.97 Å². The van der Waals surface area contributed by atoms with Gasteiger partial charge in [0.2, 0.25) is 0 Å². The Morgan fingerprint density at radius 1 is 1.10 bits per heavy atom. The van der Waals surface area contributed by atoms with Crippen LogP contribution < -0.4 is 5.32 Å². The van der Waals surface area contributed by atoms with Gasteiger partial charge in [-0.15, -0.1) is 0 Å². The van der Waals surface area contributed by atoms with Crippen LogP contribution in [0.5, 0.6) is 0 Å². The summed E-state index contributed by atoms with van der Waals surface area (Å²) in [4.78, 5) is 24.4. The maximum absolute atomic E-state index is 12.6. The molecule has 6 nitrogen and oxygen atoms in total. The number of amides is 1. The number of nitrogens with zero attached hydrogens (tertiary/aromatic N) is 1. The largest absolute Gasteiger partial charge is 0.465 e. The third-order valence-corrected chi connectivity index (χ3v) is 4.89. The molecule has 30 heavy (non-hydrogen) atoms. The van der Waals surface area contributed by atoms with Crippen LogP contribution in [0, 0.1) is 11.3 Å². The number of carbonyl (C=O) groups excluding carboxylic acids is 2. The van der Waals surface area contributed by atoms with Gasteiger partial charge in [0.25, 0.3) is 5.91 Å². The zero-order chi connectivity index (χ0) is 21.7. The van der Waals surface area contributed by atoms with Crippen molar-refractivity contribution in [2.24, 2.45) is 0 Å². The van der Waals surface area contributed by atoms with Gasteiger partial charge in [-0.05, 0) is 36.4 Å². The first-order valence-corrected chi connectivity index (χ1v) is 9.35. The van der Waals surface area contributed by atoms with Gasteiger partial charge in [-0.1, -0.05) is 41.4 Å². The number of hydrogen-bond acceptors (Lipinski definition) is 5. The van der Waals surface area contributed by atoms with Crippen LogP contribution >= 0.6 is 23.2 Å². The predicted molar refractivity (Wildman–Crippen MR) is 114 cm³/mol. The van der Waals surface area contributed by atoms with Crippen molar-refractivity contribution in [3.8, 4) is 17.4 Å². The van der Waals surface area contributed by atoms with E-state index in [9.17, 15) is 14.9 Å². The molecule has 0 saturated heterocycles. The third-order valence-electron chi connectivity index (χ3n) is 4.08.